The van der Waals surface area contributed by atoms with Gasteiger partial charge in [-0.05, 0) is 93.8 Å². The number of hydrogen-bond acceptors (Lipinski definition) is 10. The molecule has 2 aliphatic heterocycles. The van der Waals surface area contributed by atoms with Gasteiger partial charge in [0.2, 0.25) is 5.88 Å². The van der Waals surface area contributed by atoms with E-state index < -0.39 is 11.7 Å². The smallest absolute Gasteiger partial charge is 0.280 e. The number of thiazole rings is 1. The summed E-state index contributed by atoms with van der Waals surface area (Å²) in [6.07, 6.45) is 3.83. The minimum Gasteiger partial charge on any atom is -0.438 e. The Balaban J connectivity index is 1.05. The monoisotopic (exact) mass is 769 g/mol. The minimum atomic E-state index is -0.623. The highest BCUT2D eigenvalue weighted by atomic mass is 32.1. The molecule has 3 unspecified atom stereocenters. The van der Waals surface area contributed by atoms with E-state index in [9.17, 15) is 14.0 Å². The molecule has 3 atom stereocenters. The molecular weight excluding hydrogens is 718 g/mol. The molecule has 3 fully saturated rings. The van der Waals surface area contributed by atoms with Crippen molar-refractivity contribution in [3.8, 4) is 22.8 Å². The number of hydrogen-bond donors (Lipinski definition) is 3. The number of aryl methyl sites for hydroxylation is 1. The van der Waals surface area contributed by atoms with Gasteiger partial charge in [0.05, 0.1) is 19.4 Å². The number of amides is 2. The number of carbonyl (C=O) groups is 2. The van der Waals surface area contributed by atoms with Crippen LogP contribution in [0.25, 0.3) is 11.1 Å². The molecule has 55 heavy (non-hydrogen) atoms. The summed E-state index contributed by atoms with van der Waals surface area (Å²) in [6.45, 7) is 14.5. The Morgan fingerprint density at radius 2 is 1.73 bits per heavy atom. The van der Waals surface area contributed by atoms with Crippen LogP contribution < -0.4 is 20.7 Å². The molecule has 0 bridgehead atoms. The van der Waals surface area contributed by atoms with Crippen LogP contribution in [-0.2, 0) is 17.8 Å². The second-order valence-corrected chi connectivity index (χ2v) is 16.3. The van der Waals surface area contributed by atoms with Crippen molar-refractivity contribution >= 4 is 23.2 Å². The fourth-order valence-electron chi connectivity index (χ4n) is 8.06. The van der Waals surface area contributed by atoms with Crippen LogP contribution in [0.4, 0.5) is 4.39 Å². The molecule has 1 aliphatic carbocycles. The van der Waals surface area contributed by atoms with Gasteiger partial charge in [-0.1, -0.05) is 30.3 Å². The van der Waals surface area contributed by atoms with E-state index in [0.29, 0.717) is 67.8 Å². The van der Waals surface area contributed by atoms with Crippen molar-refractivity contribution in [2.45, 2.75) is 96.7 Å². The fraction of sp³-hybridized carbons (Fsp3) is 0.476. The lowest BCUT2D eigenvalue weighted by Gasteiger charge is -2.36. The number of nitrogens with one attached hydrogen (secondary N) is 3. The molecule has 4 heterocycles. The molecule has 13 heteroatoms. The van der Waals surface area contributed by atoms with Crippen molar-refractivity contribution in [1.29, 1.82) is 0 Å². The average molecular weight is 770 g/mol. The second-order valence-electron chi connectivity index (χ2n) is 15.5. The summed E-state index contributed by atoms with van der Waals surface area (Å²) in [5.41, 5.74) is 5.45. The van der Waals surface area contributed by atoms with Crippen LogP contribution >= 0.6 is 11.3 Å². The molecule has 3 aliphatic rings. The molecule has 2 aromatic carbocycles. The minimum absolute atomic E-state index is 0.000655. The largest absolute Gasteiger partial charge is 0.438 e. The van der Waals surface area contributed by atoms with Gasteiger partial charge in [0.25, 0.3) is 11.8 Å². The Kier molecular flexibility index (Phi) is 12.5. The first-order valence-electron chi connectivity index (χ1n) is 19.5. The molecule has 4 aromatic rings. The SMILES string of the molecule is Cc1csc(C(=O)NC2CCC(NC(=O)c3cc(F)cnc3Oc3cccc(-c4ccc(CN5CC(C)NC(C)C5)cc4CN4CCOCC4C)c3)CC2)n1. The number of morpholine rings is 1. The predicted molar refractivity (Wildman–Crippen MR) is 212 cm³/mol. The van der Waals surface area contributed by atoms with Gasteiger partial charge in [0, 0.05) is 74.0 Å². The Labute approximate surface area is 327 Å². The number of rotatable bonds is 11. The Morgan fingerprint density at radius 1 is 0.982 bits per heavy atom. The van der Waals surface area contributed by atoms with Gasteiger partial charge in [0.15, 0.2) is 5.01 Å². The van der Waals surface area contributed by atoms with Crippen molar-refractivity contribution in [2.75, 3.05) is 32.8 Å². The molecule has 2 aromatic heterocycles. The summed E-state index contributed by atoms with van der Waals surface area (Å²) < 4.78 is 26.6. The molecular formula is C42H52FN7O4S. The number of pyridine rings is 1. The van der Waals surface area contributed by atoms with E-state index in [1.165, 1.54) is 28.5 Å². The Bertz CT molecular complexity index is 1960. The van der Waals surface area contributed by atoms with Crippen molar-refractivity contribution in [3.05, 3.63) is 93.3 Å². The van der Waals surface area contributed by atoms with Gasteiger partial charge in [0.1, 0.15) is 17.1 Å². The number of nitrogens with zero attached hydrogens (tertiary/aromatic N) is 4. The van der Waals surface area contributed by atoms with E-state index in [2.05, 4.69) is 80.8 Å². The summed E-state index contributed by atoms with van der Waals surface area (Å²) in [6, 6.07) is 16.8. The zero-order valence-corrected chi connectivity index (χ0v) is 33.0. The van der Waals surface area contributed by atoms with Crippen LogP contribution in [0.2, 0.25) is 0 Å². The van der Waals surface area contributed by atoms with Crippen LogP contribution in [0, 0.1) is 12.7 Å². The highest BCUT2D eigenvalue weighted by Crippen LogP contribution is 2.33. The summed E-state index contributed by atoms with van der Waals surface area (Å²) >= 11 is 1.33. The average Bonchev–Trinajstić information content (AvgIpc) is 3.60. The van der Waals surface area contributed by atoms with Gasteiger partial charge >= 0.3 is 0 Å². The lowest BCUT2D eigenvalue weighted by Crippen LogP contribution is -2.53. The number of piperazine rings is 1. The highest BCUT2D eigenvalue weighted by Gasteiger charge is 2.27. The maximum absolute atomic E-state index is 14.5. The second kappa shape index (κ2) is 17.7. The lowest BCUT2D eigenvalue weighted by molar-refractivity contribution is -0.00431. The molecule has 1 saturated carbocycles. The maximum Gasteiger partial charge on any atom is 0.280 e. The van der Waals surface area contributed by atoms with Crippen molar-refractivity contribution in [1.82, 2.24) is 35.7 Å². The molecule has 3 N–H and O–H groups in total. The molecule has 2 amide bonds. The molecule has 7 rings (SSSR count). The third-order valence-electron chi connectivity index (χ3n) is 10.7. The first-order chi connectivity index (χ1) is 26.6. The number of carbonyl (C=O) groups excluding carboxylic acids is 2. The van der Waals surface area contributed by atoms with Crippen LogP contribution in [0.3, 0.4) is 0 Å². The van der Waals surface area contributed by atoms with Gasteiger partial charge in [-0.3, -0.25) is 19.4 Å². The Hall–Kier alpha value is -4.27. The van der Waals surface area contributed by atoms with Crippen molar-refractivity contribution in [3.63, 3.8) is 0 Å². The van der Waals surface area contributed by atoms with E-state index >= 15 is 0 Å². The topological polar surface area (TPSA) is 121 Å². The third-order valence-corrected chi connectivity index (χ3v) is 11.7. The lowest BCUT2D eigenvalue weighted by atomic mass is 9.91. The molecule has 2 saturated heterocycles. The molecule has 0 radical (unpaired) electrons. The normalized spacial score (nSPS) is 23.6. The van der Waals surface area contributed by atoms with E-state index in [1.54, 1.807) is 0 Å². The Morgan fingerprint density at radius 3 is 2.44 bits per heavy atom. The zero-order valence-electron chi connectivity index (χ0n) is 32.1. The quantitative estimate of drug-likeness (QED) is 0.161. The number of halogens is 1. The highest BCUT2D eigenvalue weighted by molar-refractivity contribution is 7.11. The molecule has 11 nitrogen and oxygen atoms in total. The van der Waals surface area contributed by atoms with Gasteiger partial charge in [-0.15, -0.1) is 11.3 Å². The summed E-state index contributed by atoms with van der Waals surface area (Å²) in [7, 11) is 0. The number of benzene rings is 2. The number of aromatic nitrogens is 2. The van der Waals surface area contributed by atoms with Crippen molar-refractivity contribution < 1.29 is 23.5 Å². The van der Waals surface area contributed by atoms with Gasteiger partial charge < -0.3 is 25.4 Å². The summed E-state index contributed by atoms with van der Waals surface area (Å²) in [4.78, 5) is 39.7. The standard InChI is InChI=1S/C42H52FN7O4S/c1-26-20-49(21-27(2)45-26)22-30-8-13-37(32(16-30)23-50-14-15-53-24-29(50)4)31-6-5-7-36(17-31)54-41-38(18-33(43)19-44-41)39(51)47-34-9-11-35(12-10-34)48-40(52)42-46-28(3)25-55-42/h5-8,13,16-19,25-27,29,34-35,45H,9-12,14-15,20-24H2,1-4H3,(H,47,51)(H,48,52). The van der Waals surface area contributed by atoms with E-state index in [-0.39, 0.29) is 29.4 Å². The molecule has 0 spiro atoms. The van der Waals surface area contributed by atoms with E-state index in [0.717, 1.165) is 55.7 Å². The van der Waals surface area contributed by atoms with Crippen LogP contribution in [0.15, 0.2) is 60.1 Å². The summed E-state index contributed by atoms with van der Waals surface area (Å²) in [5.74, 6) is -0.710. The predicted octanol–water partition coefficient (Wildman–Crippen LogP) is 6.32. The number of ether oxygens (including phenoxy) is 2. The van der Waals surface area contributed by atoms with Crippen molar-refractivity contribution in [2.24, 2.45) is 0 Å². The fourth-order valence-corrected chi connectivity index (χ4v) is 8.76. The van der Waals surface area contributed by atoms with Crippen LogP contribution in [0.5, 0.6) is 11.6 Å². The van der Waals surface area contributed by atoms with Gasteiger partial charge in [-0.25, -0.2) is 14.4 Å². The molecule has 292 valence electrons. The first-order valence-corrected chi connectivity index (χ1v) is 20.3. The van der Waals surface area contributed by atoms with E-state index in [4.69, 9.17) is 9.47 Å². The third kappa shape index (κ3) is 10.1. The maximum atomic E-state index is 14.5. The van der Waals surface area contributed by atoms with Crippen LogP contribution in [-0.4, -0.2) is 94.6 Å². The van der Waals surface area contributed by atoms with Gasteiger partial charge in [-0.2, -0.15) is 0 Å². The first kappa shape index (κ1) is 39.0. The van der Waals surface area contributed by atoms with Crippen LogP contribution in [0.1, 0.15) is 83.4 Å². The summed E-state index contributed by atoms with van der Waals surface area (Å²) in [5, 5.41) is 12.1. The zero-order chi connectivity index (χ0) is 38.5. The van der Waals surface area contributed by atoms with E-state index in [1.807, 2.05) is 30.5 Å².